The molecule has 0 saturated heterocycles. The number of carbonyl (C=O) groups excluding carboxylic acids is 2. The smallest absolute Gasteiger partial charge is 0.261 e. The maximum absolute atomic E-state index is 12.0. The second-order valence-electron chi connectivity index (χ2n) is 5.08. The molecule has 2 aromatic rings. The van der Waals surface area contributed by atoms with E-state index in [0.717, 1.165) is 0 Å². The SMILES string of the molecule is CN(CCOc1ccccc1Cl)C(=O)CCNC(=O)c1cccs1. The monoisotopic (exact) mass is 366 g/mol. The first-order chi connectivity index (χ1) is 11.6. The van der Waals surface area contributed by atoms with Crippen LogP contribution in [0.25, 0.3) is 0 Å². The second-order valence-corrected chi connectivity index (χ2v) is 6.43. The Morgan fingerprint density at radius 2 is 2.04 bits per heavy atom. The number of carbonyl (C=O) groups is 2. The summed E-state index contributed by atoms with van der Waals surface area (Å²) in [4.78, 5) is 26.0. The van der Waals surface area contributed by atoms with Crippen LogP contribution >= 0.6 is 22.9 Å². The van der Waals surface area contributed by atoms with Crippen LogP contribution in [0.4, 0.5) is 0 Å². The fraction of sp³-hybridized carbons (Fsp3) is 0.294. The molecule has 1 aromatic carbocycles. The van der Waals surface area contributed by atoms with Gasteiger partial charge in [0.05, 0.1) is 16.4 Å². The van der Waals surface area contributed by atoms with E-state index < -0.39 is 0 Å². The number of hydrogen-bond donors (Lipinski definition) is 1. The molecule has 0 aliphatic carbocycles. The molecule has 2 amide bonds. The summed E-state index contributed by atoms with van der Waals surface area (Å²) in [5.41, 5.74) is 0. The van der Waals surface area contributed by atoms with Crippen LogP contribution in [0, 0.1) is 0 Å². The molecule has 1 N–H and O–H groups in total. The van der Waals surface area contributed by atoms with E-state index in [-0.39, 0.29) is 18.2 Å². The Hall–Kier alpha value is -2.05. The van der Waals surface area contributed by atoms with E-state index in [9.17, 15) is 9.59 Å². The maximum atomic E-state index is 12.0. The summed E-state index contributed by atoms with van der Waals surface area (Å²) in [6.07, 6.45) is 0.250. The predicted molar refractivity (Wildman–Crippen MR) is 95.9 cm³/mol. The van der Waals surface area contributed by atoms with Crippen LogP contribution in [0.15, 0.2) is 41.8 Å². The van der Waals surface area contributed by atoms with Gasteiger partial charge in [-0.2, -0.15) is 0 Å². The number of hydrogen-bond acceptors (Lipinski definition) is 4. The summed E-state index contributed by atoms with van der Waals surface area (Å²) in [5, 5.41) is 5.12. The number of likely N-dealkylation sites (N-methyl/N-ethyl adjacent to an activating group) is 1. The van der Waals surface area contributed by atoms with Gasteiger partial charge in [-0.1, -0.05) is 29.8 Å². The van der Waals surface area contributed by atoms with E-state index in [1.807, 2.05) is 23.6 Å². The third kappa shape index (κ3) is 5.54. The fourth-order valence-electron chi connectivity index (χ4n) is 1.95. The topological polar surface area (TPSA) is 58.6 Å². The van der Waals surface area contributed by atoms with Crippen molar-refractivity contribution in [1.29, 1.82) is 0 Å². The van der Waals surface area contributed by atoms with Crippen molar-refractivity contribution in [3.8, 4) is 5.75 Å². The molecule has 0 unspecified atom stereocenters. The Morgan fingerprint density at radius 3 is 2.75 bits per heavy atom. The Balaban J connectivity index is 1.65. The minimum Gasteiger partial charge on any atom is -0.490 e. The quantitative estimate of drug-likeness (QED) is 0.781. The molecule has 0 aliphatic heterocycles. The van der Waals surface area contributed by atoms with Crippen LogP contribution in [-0.4, -0.2) is 43.5 Å². The largest absolute Gasteiger partial charge is 0.490 e. The van der Waals surface area contributed by atoms with Crippen molar-refractivity contribution in [2.75, 3.05) is 26.7 Å². The van der Waals surface area contributed by atoms with E-state index in [4.69, 9.17) is 16.3 Å². The van der Waals surface area contributed by atoms with Crippen molar-refractivity contribution < 1.29 is 14.3 Å². The number of ether oxygens (including phenoxy) is 1. The van der Waals surface area contributed by atoms with Crippen molar-refractivity contribution in [2.24, 2.45) is 0 Å². The molecule has 1 heterocycles. The number of nitrogens with zero attached hydrogens (tertiary/aromatic N) is 1. The minimum atomic E-state index is -0.150. The highest BCUT2D eigenvalue weighted by atomic mass is 35.5. The number of rotatable bonds is 8. The Kier molecular flexibility index (Phi) is 7.08. The summed E-state index contributed by atoms with van der Waals surface area (Å²) in [6, 6.07) is 10.8. The number of halogens is 1. The van der Waals surface area contributed by atoms with E-state index in [1.165, 1.54) is 11.3 Å². The second kappa shape index (κ2) is 9.30. The Morgan fingerprint density at radius 1 is 1.25 bits per heavy atom. The first kappa shape index (κ1) is 18.3. The molecule has 1 aromatic heterocycles. The molecule has 2 rings (SSSR count). The standard InChI is InChI=1S/C17H19ClN2O3S/c1-20(10-11-23-14-6-3-2-5-13(14)18)16(21)8-9-19-17(22)15-7-4-12-24-15/h2-7,12H,8-11H2,1H3,(H,19,22). The van der Waals surface area contributed by atoms with Crippen LogP contribution in [0.2, 0.25) is 5.02 Å². The molecule has 0 bridgehead atoms. The molecular weight excluding hydrogens is 348 g/mol. The van der Waals surface area contributed by atoms with E-state index in [2.05, 4.69) is 5.32 Å². The molecule has 5 nitrogen and oxygen atoms in total. The summed E-state index contributed by atoms with van der Waals surface area (Å²) in [6.45, 7) is 1.11. The van der Waals surface area contributed by atoms with Crippen molar-refractivity contribution >= 4 is 34.8 Å². The third-order valence-electron chi connectivity index (χ3n) is 3.32. The molecule has 7 heteroatoms. The third-order valence-corrected chi connectivity index (χ3v) is 4.50. The molecular formula is C17H19ClN2O3S. The number of amides is 2. The first-order valence-electron chi connectivity index (χ1n) is 7.51. The number of thiophene rings is 1. The molecule has 24 heavy (non-hydrogen) atoms. The van der Waals surface area contributed by atoms with Crippen LogP contribution < -0.4 is 10.1 Å². The first-order valence-corrected chi connectivity index (χ1v) is 8.76. The van der Waals surface area contributed by atoms with Crippen molar-refractivity contribution in [3.63, 3.8) is 0 Å². The van der Waals surface area contributed by atoms with Crippen LogP contribution in [-0.2, 0) is 4.79 Å². The molecule has 0 radical (unpaired) electrons. The van der Waals surface area contributed by atoms with Gasteiger partial charge in [0.2, 0.25) is 5.91 Å². The van der Waals surface area contributed by atoms with Gasteiger partial charge in [-0.05, 0) is 23.6 Å². The molecule has 0 fully saturated rings. The van der Waals surface area contributed by atoms with Crippen LogP contribution in [0.5, 0.6) is 5.75 Å². The minimum absolute atomic E-state index is 0.0516. The average molecular weight is 367 g/mol. The van der Waals surface area contributed by atoms with Gasteiger partial charge in [-0.3, -0.25) is 9.59 Å². The molecule has 0 spiro atoms. The van der Waals surface area contributed by atoms with Gasteiger partial charge in [0.1, 0.15) is 12.4 Å². The number of nitrogens with one attached hydrogen (secondary N) is 1. The Bertz CT molecular complexity index is 676. The highest BCUT2D eigenvalue weighted by molar-refractivity contribution is 7.12. The van der Waals surface area contributed by atoms with Crippen molar-refractivity contribution in [2.45, 2.75) is 6.42 Å². The highest BCUT2D eigenvalue weighted by Crippen LogP contribution is 2.22. The Labute approximate surface area is 150 Å². The molecule has 0 saturated carbocycles. The lowest BCUT2D eigenvalue weighted by atomic mass is 10.3. The van der Waals surface area contributed by atoms with Gasteiger partial charge in [0.15, 0.2) is 0 Å². The molecule has 128 valence electrons. The zero-order valence-corrected chi connectivity index (χ0v) is 14.9. The fourth-order valence-corrected chi connectivity index (χ4v) is 2.78. The van der Waals surface area contributed by atoms with E-state index in [1.54, 1.807) is 30.1 Å². The van der Waals surface area contributed by atoms with Gasteiger partial charge >= 0.3 is 0 Å². The zero-order valence-electron chi connectivity index (χ0n) is 13.3. The molecule has 0 atom stereocenters. The van der Waals surface area contributed by atoms with Gasteiger partial charge < -0.3 is 15.0 Å². The lowest BCUT2D eigenvalue weighted by Crippen LogP contribution is -2.34. The molecule has 0 aliphatic rings. The summed E-state index contributed by atoms with van der Waals surface area (Å²) in [7, 11) is 1.71. The predicted octanol–water partition coefficient (Wildman–Crippen LogP) is 3.06. The van der Waals surface area contributed by atoms with Crippen molar-refractivity contribution in [1.82, 2.24) is 10.2 Å². The summed E-state index contributed by atoms with van der Waals surface area (Å²) in [5.74, 6) is 0.398. The summed E-state index contributed by atoms with van der Waals surface area (Å²) >= 11 is 7.37. The van der Waals surface area contributed by atoms with Gasteiger partial charge in [-0.25, -0.2) is 0 Å². The average Bonchev–Trinajstić information content (AvgIpc) is 3.11. The van der Waals surface area contributed by atoms with Crippen molar-refractivity contribution in [3.05, 3.63) is 51.7 Å². The van der Waals surface area contributed by atoms with Crippen LogP contribution in [0.1, 0.15) is 16.1 Å². The number of para-hydroxylation sites is 1. The lowest BCUT2D eigenvalue weighted by molar-refractivity contribution is -0.130. The van der Waals surface area contributed by atoms with E-state index in [0.29, 0.717) is 35.3 Å². The highest BCUT2D eigenvalue weighted by Gasteiger charge is 2.11. The van der Waals surface area contributed by atoms with Gasteiger partial charge in [0, 0.05) is 20.0 Å². The van der Waals surface area contributed by atoms with Crippen LogP contribution in [0.3, 0.4) is 0 Å². The zero-order chi connectivity index (χ0) is 17.4. The number of benzene rings is 1. The normalized spacial score (nSPS) is 10.2. The maximum Gasteiger partial charge on any atom is 0.261 e. The summed E-state index contributed by atoms with van der Waals surface area (Å²) < 4.78 is 5.56. The van der Waals surface area contributed by atoms with Gasteiger partial charge in [0.25, 0.3) is 5.91 Å². The lowest BCUT2D eigenvalue weighted by Gasteiger charge is -2.18. The van der Waals surface area contributed by atoms with E-state index >= 15 is 0 Å². The van der Waals surface area contributed by atoms with Gasteiger partial charge in [-0.15, -0.1) is 11.3 Å².